The minimum absolute atomic E-state index is 0.173. The highest BCUT2D eigenvalue weighted by molar-refractivity contribution is 5.96. The quantitative estimate of drug-likeness (QED) is 0.538. The molecule has 1 aromatic carbocycles. The molecule has 1 unspecified atom stereocenters. The van der Waals surface area contributed by atoms with Crippen molar-refractivity contribution in [2.45, 2.75) is 31.8 Å². The average Bonchev–Trinajstić information content (AvgIpc) is 3.22. The van der Waals surface area contributed by atoms with Gasteiger partial charge >= 0.3 is 5.97 Å². The highest BCUT2D eigenvalue weighted by Crippen LogP contribution is 2.23. The SMILES string of the molecule is CC(Nc1ccc([N+](=O)[O-])cc1C(=O)O)C(=O)NC1CC1. The third-order valence-electron chi connectivity index (χ3n) is 3.13. The van der Waals surface area contributed by atoms with E-state index in [1.807, 2.05) is 0 Å². The van der Waals surface area contributed by atoms with Gasteiger partial charge in [-0.3, -0.25) is 14.9 Å². The molecule has 2 rings (SSSR count). The molecular formula is C13H15N3O5. The number of carbonyl (C=O) groups is 2. The number of carbonyl (C=O) groups excluding carboxylic acids is 1. The van der Waals surface area contributed by atoms with Crippen LogP contribution >= 0.6 is 0 Å². The van der Waals surface area contributed by atoms with E-state index in [1.165, 1.54) is 12.1 Å². The van der Waals surface area contributed by atoms with Gasteiger partial charge in [0.05, 0.1) is 10.5 Å². The highest BCUT2D eigenvalue weighted by atomic mass is 16.6. The number of carboxylic acids is 1. The third kappa shape index (κ3) is 3.68. The van der Waals surface area contributed by atoms with E-state index in [0.29, 0.717) is 0 Å². The zero-order valence-electron chi connectivity index (χ0n) is 11.3. The molecule has 1 fully saturated rings. The van der Waals surface area contributed by atoms with Gasteiger partial charge in [-0.2, -0.15) is 0 Å². The van der Waals surface area contributed by atoms with Crippen LogP contribution in [0.4, 0.5) is 11.4 Å². The summed E-state index contributed by atoms with van der Waals surface area (Å²) in [6.45, 7) is 1.60. The van der Waals surface area contributed by atoms with Crippen LogP contribution in [0.15, 0.2) is 18.2 Å². The third-order valence-corrected chi connectivity index (χ3v) is 3.13. The van der Waals surface area contributed by atoms with Crippen LogP contribution in [0.2, 0.25) is 0 Å². The van der Waals surface area contributed by atoms with E-state index in [2.05, 4.69) is 10.6 Å². The molecule has 1 aromatic rings. The number of nitro groups is 1. The Morgan fingerprint density at radius 2 is 2.10 bits per heavy atom. The predicted octanol–water partition coefficient (Wildman–Crippen LogP) is 1.37. The zero-order valence-corrected chi connectivity index (χ0v) is 11.3. The monoisotopic (exact) mass is 293 g/mol. The first kappa shape index (κ1) is 14.8. The number of anilines is 1. The van der Waals surface area contributed by atoms with Crippen LogP contribution in [0.5, 0.6) is 0 Å². The molecule has 1 aliphatic carbocycles. The first-order chi connectivity index (χ1) is 9.88. The second-order valence-corrected chi connectivity index (χ2v) is 4.94. The van der Waals surface area contributed by atoms with E-state index < -0.39 is 16.9 Å². The van der Waals surface area contributed by atoms with Gasteiger partial charge in [-0.15, -0.1) is 0 Å². The summed E-state index contributed by atoms with van der Waals surface area (Å²) in [4.78, 5) is 33.0. The Kier molecular flexibility index (Phi) is 4.06. The van der Waals surface area contributed by atoms with Crippen molar-refractivity contribution >= 4 is 23.3 Å². The molecule has 1 saturated carbocycles. The van der Waals surface area contributed by atoms with Crippen molar-refractivity contribution in [2.75, 3.05) is 5.32 Å². The van der Waals surface area contributed by atoms with Crippen molar-refractivity contribution in [2.24, 2.45) is 0 Å². The molecule has 0 radical (unpaired) electrons. The van der Waals surface area contributed by atoms with Gasteiger partial charge in [0, 0.05) is 23.9 Å². The molecule has 8 heteroatoms. The number of benzene rings is 1. The van der Waals surface area contributed by atoms with Crippen LogP contribution in [-0.2, 0) is 4.79 Å². The lowest BCUT2D eigenvalue weighted by molar-refractivity contribution is -0.384. The van der Waals surface area contributed by atoms with Crippen LogP contribution in [0, 0.1) is 10.1 Å². The first-order valence-corrected chi connectivity index (χ1v) is 6.47. The molecule has 0 bridgehead atoms. The van der Waals surface area contributed by atoms with Gasteiger partial charge < -0.3 is 15.7 Å². The second kappa shape index (κ2) is 5.78. The maximum atomic E-state index is 11.8. The molecule has 1 aliphatic rings. The number of carboxylic acid groups (broad SMARTS) is 1. The molecule has 0 saturated heterocycles. The Hall–Kier alpha value is -2.64. The minimum Gasteiger partial charge on any atom is -0.478 e. The zero-order chi connectivity index (χ0) is 15.6. The number of hydrogen-bond donors (Lipinski definition) is 3. The maximum Gasteiger partial charge on any atom is 0.338 e. The normalized spacial score (nSPS) is 15.1. The Bertz CT molecular complexity index is 597. The summed E-state index contributed by atoms with van der Waals surface area (Å²) >= 11 is 0. The molecule has 21 heavy (non-hydrogen) atoms. The van der Waals surface area contributed by atoms with E-state index in [-0.39, 0.29) is 28.9 Å². The highest BCUT2D eigenvalue weighted by Gasteiger charge is 2.26. The molecule has 0 heterocycles. The Morgan fingerprint density at radius 3 is 2.62 bits per heavy atom. The molecule has 0 spiro atoms. The van der Waals surface area contributed by atoms with E-state index >= 15 is 0 Å². The number of rotatable bonds is 6. The molecule has 112 valence electrons. The van der Waals surface area contributed by atoms with Crippen LogP contribution in [-0.4, -0.2) is 34.0 Å². The molecule has 1 amide bonds. The van der Waals surface area contributed by atoms with Gasteiger partial charge in [0.1, 0.15) is 6.04 Å². The average molecular weight is 293 g/mol. The fourth-order valence-corrected chi connectivity index (χ4v) is 1.80. The minimum atomic E-state index is -1.30. The van der Waals surface area contributed by atoms with Gasteiger partial charge in [0.15, 0.2) is 0 Å². The second-order valence-electron chi connectivity index (χ2n) is 4.94. The summed E-state index contributed by atoms with van der Waals surface area (Å²) < 4.78 is 0. The summed E-state index contributed by atoms with van der Waals surface area (Å²) in [6.07, 6.45) is 1.91. The maximum absolute atomic E-state index is 11.8. The lowest BCUT2D eigenvalue weighted by atomic mass is 10.1. The van der Waals surface area contributed by atoms with Gasteiger partial charge in [-0.05, 0) is 25.8 Å². The summed E-state index contributed by atoms with van der Waals surface area (Å²) in [5, 5.41) is 25.4. The number of amides is 1. The van der Waals surface area contributed by atoms with Crippen molar-refractivity contribution in [1.29, 1.82) is 0 Å². The van der Waals surface area contributed by atoms with Crippen molar-refractivity contribution < 1.29 is 19.6 Å². The van der Waals surface area contributed by atoms with Crippen molar-refractivity contribution in [1.82, 2.24) is 5.32 Å². The molecule has 1 atom stereocenters. The largest absolute Gasteiger partial charge is 0.478 e. The summed E-state index contributed by atoms with van der Waals surface area (Å²) in [7, 11) is 0. The van der Waals surface area contributed by atoms with E-state index in [0.717, 1.165) is 18.9 Å². The molecule has 0 aliphatic heterocycles. The van der Waals surface area contributed by atoms with Gasteiger partial charge in [0.25, 0.3) is 5.69 Å². The molecule has 8 nitrogen and oxygen atoms in total. The van der Waals surface area contributed by atoms with Crippen LogP contribution in [0.3, 0.4) is 0 Å². The fraction of sp³-hybridized carbons (Fsp3) is 0.385. The van der Waals surface area contributed by atoms with Gasteiger partial charge in [-0.1, -0.05) is 0 Å². The first-order valence-electron chi connectivity index (χ1n) is 6.47. The predicted molar refractivity (Wildman–Crippen MR) is 74.3 cm³/mol. The fourth-order valence-electron chi connectivity index (χ4n) is 1.80. The Balaban J connectivity index is 2.15. The summed E-state index contributed by atoms with van der Waals surface area (Å²) in [5.74, 6) is -1.52. The standard InChI is InChI=1S/C13H15N3O5/c1-7(12(17)15-8-2-3-8)14-11-5-4-9(16(20)21)6-10(11)13(18)19/h4-8,14H,2-3H2,1H3,(H,15,17)(H,18,19). The van der Waals surface area contributed by atoms with Crippen LogP contribution < -0.4 is 10.6 Å². The lowest BCUT2D eigenvalue weighted by Crippen LogP contribution is -2.38. The number of nitrogens with zero attached hydrogens (tertiary/aromatic N) is 1. The number of nitrogens with one attached hydrogen (secondary N) is 2. The van der Waals surface area contributed by atoms with Crippen molar-refractivity contribution in [3.05, 3.63) is 33.9 Å². The van der Waals surface area contributed by atoms with Crippen molar-refractivity contribution in [3.63, 3.8) is 0 Å². The van der Waals surface area contributed by atoms with Crippen LogP contribution in [0.25, 0.3) is 0 Å². The van der Waals surface area contributed by atoms with E-state index in [1.54, 1.807) is 6.92 Å². The Labute approximate surface area is 120 Å². The Morgan fingerprint density at radius 1 is 1.43 bits per heavy atom. The van der Waals surface area contributed by atoms with Crippen LogP contribution in [0.1, 0.15) is 30.1 Å². The summed E-state index contributed by atoms with van der Waals surface area (Å²) in [6, 6.07) is 3.03. The molecule has 3 N–H and O–H groups in total. The molecular weight excluding hydrogens is 278 g/mol. The number of hydrogen-bond acceptors (Lipinski definition) is 5. The van der Waals surface area contributed by atoms with E-state index in [9.17, 15) is 19.7 Å². The molecule has 0 aromatic heterocycles. The number of aromatic carboxylic acids is 1. The van der Waals surface area contributed by atoms with Crippen molar-refractivity contribution in [3.8, 4) is 0 Å². The number of non-ortho nitro benzene ring substituents is 1. The van der Waals surface area contributed by atoms with Gasteiger partial charge in [0.2, 0.25) is 5.91 Å². The topological polar surface area (TPSA) is 122 Å². The summed E-state index contributed by atoms with van der Waals surface area (Å²) in [5.41, 5.74) is -0.380. The lowest BCUT2D eigenvalue weighted by Gasteiger charge is -2.16. The van der Waals surface area contributed by atoms with E-state index in [4.69, 9.17) is 5.11 Å². The smallest absolute Gasteiger partial charge is 0.338 e. The van der Waals surface area contributed by atoms with Gasteiger partial charge in [-0.25, -0.2) is 4.79 Å². The number of nitro benzene ring substituents is 1.